The van der Waals surface area contributed by atoms with E-state index in [1.807, 2.05) is 12.2 Å². The molecule has 0 fully saturated rings. The lowest BCUT2D eigenvalue weighted by molar-refractivity contribution is -0.110. The standard InChI is InChI=1S/C8H9N3O/c9-6-10-8(11-7-12)4-2-1-3-5-8/h1-4,7,10H,5H2,(H,11,12). The second-order valence-electron chi connectivity index (χ2n) is 2.46. The molecule has 1 atom stereocenters. The highest BCUT2D eigenvalue weighted by Crippen LogP contribution is 2.12. The van der Waals surface area contributed by atoms with Crippen LogP contribution >= 0.6 is 0 Å². The Balaban J connectivity index is 2.73. The average molecular weight is 163 g/mol. The van der Waals surface area contributed by atoms with Crippen molar-refractivity contribution in [2.24, 2.45) is 0 Å². The van der Waals surface area contributed by atoms with E-state index < -0.39 is 5.66 Å². The maximum atomic E-state index is 10.2. The van der Waals surface area contributed by atoms with E-state index in [-0.39, 0.29) is 0 Å². The van der Waals surface area contributed by atoms with E-state index in [2.05, 4.69) is 10.6 Å². The Labute approximate surface area is 70.6 Å². The molecule has 2 N–H and O–H groups in total. The summed E-state index contributed by atoms with van der Waals surface area (Å²) >= 11 is 0. The topological polar surface area (TPSA) is 64.9 Å². The van der Waals surface area contributed by atoms with Crippen molar-refractivity contribution in [1.29, 1.82) is 5.26 Å². The lowest BCUT2D eigenvalue weighted by atomic mass is 10.0. The fraction of sp³-hybridized carbons (Fsp3) is 0.250. The van der Waals surface area contributed by atoms with Crippen LogP contribution in [0.5, 0.6) is 0 Å². The molecule has 0 saturated carbocycles. The molecule has 1 aliphatic carbocycles. The molecule has 1 amide bonds. The first-order chi connectivity index (χ1) is 5.83. The van der Waals surface area contributed by atoms with Crippen LogP contribution in [-0.4, -0.2) is 12.1 Å². The number of amides is 1. The maximum absolute atomic E-state index is 10.2. The van der Waals surface area contributed by atoms with Gasteiger partial charge in [0.2, 0.25) is 6.41 Å². The van der Waals surface area contributed by atoms with Crippen LogP contribution in [0.15, 0.2) is 24.3 Å². The highest BCUT2D eigenvalue weighted by atomic mass is 16.1. The Morgan fingerprint density at radius 2 is 2.42 bits per heavy atom. The van der Waals surface area contributed by atoms with Crippen LogP contribution in [0.3, 0.4) is 0 Å². The SMILES string of the molecule is N#CNC1(NC=O)C=CC=CC1. The van der Waals surface area contributed by atoms with Crippen molar-refractivity contribution in [3.8, 4) is 6.19 Å². The third-order valence-electron chi connectivity index (χ3n) is 1.66. The summed E-state index contributed by atoms with van der Waals surface area (Å²) in [5, 5.41) is 13.5. The molecule has 0 aromatic carbocycles. The molecular formula is C8H9N3O. The first kappa shape index (κ1) is 8.34. The average Bonchev–Trinajstić information content (AvgIpc) is 2.07. The zero-order chi connectivity index (χ0) is 8.86. The second-order valence-corrected chi connectivity index (χ2v) is 2.46. The molecule has 62 valence electrons. The number of nitriles is 1. The molecule has 0 bridgehead atoms. The number of carbonyl (C=O) groups is 1. The number of nitrogens with one attached hydrogen (secondary N) is 2. The zero-order valence-electron chi connectivity index (χ0n) is 6.45. The Hall–Kier alpha value is -1.76. The largest absolute Gasteiger partial charge is 0.332 e. The van der Waals surface area contributed by atoms with Crippen molar-refractivity contribution in [2.45, 2.75) is 12.1 Å². The molecular weight excluding hydrogens is 154 g/mol. The van der Waals surface area contributed by atoms with Gasteiger partial charge in [0.05, 0.1) is 0 Å². The summed E-state index contributed by atoms with van der Waals surface area (Å²) in [6, 6.07) is 0. The van der Waals surface area contributed by atoms with Gasteiger partial charge in [-0.3, -0.25) is 10.1 Å². The van der Waals surface area contributed by atoms with E-state index in [9.17, 15) is 4.79 Å². The molecule has 0 saturated heterocycles. The summed E-state index contributed by atoms with van der Waals surface area (Å²) in [7, 11) is 0. The molecule has 4 nitrogen and oxygen atoms in total. The van der Waals surface area contributed by atoms with Crippen molar-refractivity contribution in [3.05, 3.63) is 24.3 Å². The molecule has 0 aromatic rings. The van der Waals surface area contributed by atoms with Crippen molar-refractivity contribution in [2.75, 3.05) is 0 Å². The molecule has 1 unspecified atom stereocenters. The minimum atomic E-state index is -0.717. The van der Waals surface area contributed by atoms with Gasteiger partial charge in [-0.15, -0.1) is 0 Å². The lowest BCUT2D eigenvalue weighted by Crippen LogP contribution is -2.53. The van der Waals surface area contributed by atoms with Crippen LogP contribution in [0.25, 0.3) is 0 Å². The molecule has 0 radical (unpaired) electrons. The van der Waals surface area contributed by atoms with Gasteiger partial charge in [-0.05, 0) is 6.08 Å². The van der Waals surface area contributed by atoms with Crippen LogP contribution in [0.1, 0.15) is 6.42 Å². The fourth-order valence-corrected chi connectivity index (χ4v) is 1.06. The number of rotatable bonds is 3. The minimum absolute atomic E-state index is 0.577. The van der Waals surface area contributed by atoms with E-state index in [1.165, 1.54) is 0 Å². The monoisotopic (exact) mass is 163 g/mol. The van der Waals surface area contributed by atoms with Crippen LogP contribution < -0.4 is 10.6 Å². The Morgan fingerprint density at radius 3 is 2.92 bits per heavy atom. The lowest BCUT2D eigenvalue weighted by Gasteiger charge is -2.28. The number of hydrogen-bond acceptors (Lipinski definition) is 3. The number of hydrogen-bond donors (Lipinski definition) is 2. The summed E-state index contributed by atoms with van der Waals surface area (Å²) in [5.74, 6) is 0. The number of carbonyl (C=O) groups excluding carboxylic acids is 1. The predicted molar refractivity (Wildman–Crippen MR) is 43.6 cm³/mol. The molecule has 0 aromatic heterocycles. The molecule has 1 rings (SSSR count). The summed E-state index contributed by atoms with van der Waals surface area (Å²) in [4.78, 5) is 10.2. The highest BCUT2D eigenvalue weighted by Gasteiger charge is 2.24. The van der Waals surface area contributed by atoms with Gasteiger partial charge in [0.25, 0.3) is 0 Å². The summed E-state index contributed by atoms with van der Waals surface area (Å²) in [6.45, 7) is 0. The van der Waals surface area contributed by atoms with Gasteiger partial charge in [-0.1, -0.05) is 18.2 Å². The van der Waals surface area contributed by atoms with Gasteiger partial charge in [-0.2, -0.15) is 5.26 Å². The van der Waals surface area contributed by atoms with Gasteiger partial charge in [-0.25, -0.2) is 0 Å². The Morgan fingerprint density at radius 1 is 1.58 bits per heavy atom. The Kier molecular flexibility index (Phi) is 2.49. The minimum Gasteiger partial charge on any atom is -0.332 e. The second kappa shape index (κ2) is 3.58. The first-order valence-electron chi connectivity index (χ1n) is 3.55. The molecule has 0 heterocycles. The van der Waals surface area contributed by atoms with Crippen LogP contribution in [-0.2, 0) is 4.79 Å². The smallest absolute Gasteiger partial charge is 0.209 e. The normalized spacial score (nSPS) is 25.9. The van der Waals surface area contributed by atoms with Gasteiger partial charge < -0.3 is 5.32 Å². The molecule has 0 aliphatic heterocycles. The maximum Gasteiger partial charge on any atom is 0.209 e. The van der Waals surface area contributed by atoms with Crippen LogP contribution in [0, 0.1) is 11.5 Å². The highest BCUT2D eigenvalue weighted by molar-refractivity contribution is 5.49. The molecule has 4 heteroatoms. The number of allylic oxidation sites excluding steroid dienone is 2. The third kappa shape index (κ3) is 1.64. The molecule has 0 spiro atoms. The molecule has 12 heavy (non-hydrogen) atoms. The van der Waals surface area contributed by atoms with Crippen molar-refractivity contribution in [1.82, 2.24) is 10.6 Å². The van der Waals surface area contributed by atoms with Crippen LogP contribution in [0.4, 0.5) is 0 Å². The number of nitrogens with zero attached hydrogens (tertiary/aromatic N) is 1. The van der Waals surface area contributed by atoms with Gasteiger partial charge in [0.15, 0.2) is 6.19 Å². The fourth-order valence-electron chi connectivity index (χ4n) is 1.06. The van der Waals surface area contributed by atoms with E-state index in [0.717, 1.165) is 0 Å². The van der Waals surface area contributed by atoms with Crippen molar-refractivity contribution in [3.63, 3.8) is 0 Å². The quantitative estimate of drug-likeness (QED) is 0.267. The van der Waals surface area contributed by atoms with Crippen molar-refractivity contribution >= 4 is 6.41 Å². The van der Waals surface area contributed by atoms with E-state index >= 15 is 0 Å². The van der Waals surface area contributed by atoms with Gasteiger partial charge in [0, 0.05) is 6.42 Å². The van der Waals surface area contributed by atoms with Gasteiger partial charge >= 0.3 is 0 Å². The third-order valence-corrected chi connectivity index (χ3v) is 1.66. The summed E-state index contributed by atoms with van der Waals surface area (Å²) in [5.41, 5.74) is -0.717. The van der Waals surface area contributed by atoms with Crippen LogP contribution in [0.2, 0.25) is 0 Å². The van der Waals surface area contributed by atoms with Crippen molar-refractivity contribution < 1.29 is 4.79 Å². The Bertz CT molecular complexity index is 260. The van der Waals surface area contributed by atoms with E-state index in [1.54, 1.807) is 18.3 Å². The predicted octanol–water partition coefficient (Wildman–Crippen LogP) is 0.0155. The first-order valence-corrected chi connectivity index (χ1v) is 3.55. The summed E-state index contributed by atoms with van der Waals surface area (Å²) in [6.07, 6.45) is 10.2. The zero-order valence-corrected chi connectivity index (χ0v) is 6.45. The summed E-state index contributed by atoms with van der Waals surface area (Å²) < 4.78 is 0. The van der Waals surface area contributed by atoms with Gasteiger partial charge in [0.1, 0.15) is 5.66 Å². The van der Waals surface area contributed by atoms with E-state index in [0.29, 0.717) is 12.8 Å². The van der Waals surface area contributed by atoms with E-state index in [4.69, 9.17) is 5.26 Å². The molecule has 1 aliphatic rings.